The topological polar surface area (TPSA) is 102 Å². The van der Waals surface area contributed by atoms with Crippen LogP contribution in [-0.2, 0) is 0 Å². The SMILES string of the molecule is CCCCCCCCCCCCCCCCOc1nc2ccc(C)cc2c(=O)o1.Cc1c(C(=O)NN2CCCCC2)nn(-c2ccc(Cl)cc2Cl)c1-c1ccc(Cl)cc1. The van der Waals surface area contributed by atoms with Crippen molar-refractivity contribution in [1.82, 2.24) is 25.2 Å². The van der Waals surface area contributed by atoms with Crippen LogP contribution in [0.1, 0.15) is 138 Å². The Morgan fingerprint density at radius 2 is 1.37 bits per heavy atom. The highest BCUT2D eigenvalue weighted by Crippen LogP contribution is 2.33. The van der Waals surface area contributed by atoms with E-state index in [0.717, 1.165) is 61.2 Å². The number of nitrogens with zero attached hydrogens (tertiary/aromatic N) is 4. The first-order valence-corrected chi connectivity index (χ1v) is 22.7. The van der Waals surface area contributed by atoms with Gasteiger partial charge in [-0.15, -0.1) is 0 Å². The van der Waals surface area contributed by atoms with Crippen molar-refractivity contribution in [2.75, 3.05) is 19.7 Å². The minimum Gasteiger partial charge on any atom is -0.450 e. The van der Waals surface area contributed by atoms with Gasteiger partial charge in [0.15, 0.2) is 5.69 Å². The van der Waals surface area contributed by atoms with Gasteiger partial charge in [0.05, 0.1) is 33.9 Å². The van der Waals surface area contributed by atoms with Crippen molar-refractivity contribution >= 4 is 51.6 Å². The number of nitrogens with one attached hydrogen (secondary N) is 1. The van der Waals surface area contributed by atoms with Crippen molar-refractivity contribution in [3.8, 4) is 23.0 Å². The summed E-state index contributed by atoms with van der Waals surface area (Å²) in [6, 6.07) is 18.2. The number of hydrazine groups is 1. The van der Waals surface area contributed by atoms with Gasteiger partial charge in [-0.2, -0.15) is 10.1 Å². The molecule has 0 atom stereocenters. The second-order valence-electron chi connectivity index (χ2n) is 15.6. The number of benzene rings is 3. The molecule has 0 saturated carbocycles. The Balaban J connectivity index is 0.000000224. The zero-order valence-corrected chi connectivity index (χ0v) is 37.2. The molecule has 6 rings (SSSR count). The maximum absolute atomic E-state index is 13.1. The fraction of sp³-hybridized carbons (Fsp3) is 0.489. The van der Waals surface area contributed by atoms with E-state index in [4.69, 9.17) is 44.0 Å². The van der Waals surface area contributed by atoms with Crippen LogP contribution < -0.4 is 15.8 Å². The lowest BCUT2D eigenvalue weighted by Crippen LogP contribution is -2.45. The van der Waals surface area contributed by atoms with E-state index in [1.165, 1.54) is 83.5 Å². The fourth-order valence-electron chi connectivity index (χ4n) is 7.37. The second kappa shape index (κ2) is 24.4. The summed E-state index contributed by atoms with van der Waals surface area (Å²) in [7, 11) is 0. The molecule has 1 N–H and O–H groups in total. The van der Waals surface area contributed by atoms with Gasteiger partial charge in [0.1, 0.15) is 0 Å². The van der Waals surface area contributed by atoms with Crippen LogP contribution in [0.25, 0.3) is 27.8 Å². The van der Waals surface area contributed by atoms with Gasteiger partial charge in [0, 0.05) is 34.3 Å². The molecule has 0 unspecified atom stereocenters. The Morgan fingerprint density at radius 1 is 0.763 bits per heavy atom. The Bertz CT molecular complexity index is 2130. The summed E-state index contributed by atoms with van der Waals surface area (Å²) in [5.74, 6) is -0.228. The number of ether oxygens (including phenoxy) is 1. The van der Waals surface area contributed by atoms with Gasteiger partial charge >= 0.3 is 11.7 Å². The molecule has 2 aromatic heterocycles. The molecule has 0 aliphatic carbocycles. The average Bonchev–Trinajstić information content (AvgIpc) is 3.57. The molecule has 5 aromatic rings. The summed E-state index contributed by atoms with van der Waals surface area (Å²) in [6.45, 7) is 8.35. The molecule has 3 aromatic carbocycles. The van der Waals surface area contributed by atoms with Crippen molar-refractivity contribution < 1.29 is 13.9 Å². The van der Waals surface area contributed by atoms with Crippen molar-refractivity contribution in [2.24, 2.45) is 0 Å². The molecule has 1 aliphatic rings. The van der Waals surface area contributed by atoms with Crippen molar-refractivity contribution in [2.45, 2.75) is 130 Å². The van der Waals surface area contributed by atoms with Crippen LogP contribution in [0.5, 0.6) is 6.08 Å². The van der Waals surface area contributed by atoms with E-state index in [1.807, 2.05) is 55.3 Å². The lowest BCUT2D eigenvalue weighted by molar-refractivity contribution is 0.0743. The normalized spacial score (nSPS) is 13.0. The van der Waals surface area contributed by atoms with E-state index in [9.17, 15) is 9.59 Å². The number of piperidine rings is 1. The highest BCUT2D eigenvalue weighted by molar-refractivity contribution is 6.35. The van der Waals surface area contributed by atoms with E-state index in [-0.39, 0.29) is 17.6 Å². The first-order valence-electron chi connectivity index (χ1n) is 21.6. The molecular formula is C47H60Cl3N5O4. The van der Waals surface area contributed by atoms with E-state index < -0.39 is 0 Å². The predicted molar refractivity (Wildman–Crippen MR) is 242 cm³/mol. The average molecular weight is 865 g/mol. The summed E-state index contributed by atoms with van der Waals surface area (Å²) < 4.78 is 12.4. The number of aromatic nitrogens is 3. The van der Waals surface area contributed by atoms with Gasteiger partial charge in [0.2, 0.25) is 0 Å². The van der Waals surface area contributed by atoms with Crippen molar-refractivity contribution in [3.05, 3.63) is 103 Å². The highest BCUT2D eigenvalue weighted by atomic mass is 35.5. The number of unbranched alkanes of at least 4 members (excludes halogenated alkanes) is 13. The van der Waals surface area contributed by atoms with Crippen LogP contribution in [0.3, 0.4) is 0 Å². The van der Waals surface area contributed by atoms with E-state index in [1.54, 1.807) is 28.9 Å². The third kappa shape index (κ3) is 14.4. The molecule has 318 valence electrons. The molecule has 9 nitrogen and oxygen atoms in total. The Labute approximate surface area is 364 Å². The molecule has 1 aliphatic heterocycles. The third-order valence-electron chi connectivity index (χ3n) is 10.7. The van der Waals surface area contributed by atoms with Gasteiger partial charge < -0.3 is 9.15 Å². The standard InChI is InChI=1S/C25H39NO3.C22H21Cl3N4O/c1-3-4-5-6-7-8-9-10-11-12-13-14-15-16-19-28-25-26-23-18-17-21(2)20-22(23)24(27)29-25;1-14-20(22(30)27-28-11-3-2-4-12-28)26-29(19-10-9-17(24)13-18(19)25)21(14)15-5-7-16(23)8-6-15/h17-18,20H,3-16,19H2,1-2H3;5-10,13H,2-4,11-12H2,1H3,(H,27,30). The van der Waals surface area contributed by atoms with Crippen LogP contribution in [0.2, 0.25) is 15.1 Å². The summed E-state index contributed by atoms with van der Waals surface area (Å²) in [5.41, 5.74) is 7.68. The Hall–Kier alpha value is -3.89. The monoisotopic (exact) mass is 863 g/mol. The van der Waals surface area contributed by atoms with E-state index in [0.29, 0.717) is 44.0 Å². The van der Waals surface area contributed by atoms with Crippen LogP contribution in [0.4, 0.5) is 0 Å². The van der Waals surface area contributed by atoms with Gasteiger partial charge in [-0.25, -0.2) is 14.5 Å². The van der Waals surface area contributed by atoms with Crippen molar-refractivity contribution in [1.29, 1.82) is 0 Å². The van der Waals surface area contributed by atoms with E-state index >= 15 is 0 Å². The first kappa shape index (κ1) is 46.2. The number of halogens is 3. The number of fused-ring (bicyclic) bond motifs is 1. The molecule has 59 heavy (non-hydrogen) atoms. The fourth-order valence-corrected chi connectivity index (χ4v) is 7.99. The number of rotatable bonds is 20. The summed E-state index contributed by atoms with van der Waals surface area (Å²) in [5, 5.41) is 8.73. The van der Waals surface area contributed by atoms with Crippen LogP contribution in [-0.4, -0.2) is 45.4 Å². The molecule has 3 heterocycles. The molecule has 1 saturated heterocycles. The second-order valence-corrected chi connectivity index (χ2v) is 16.8. The number of carbonyl (C=O) groups excluding carboxylic acids is 1. The maximum atomic E-state index is 13.1. The Morgan fingerprint density at radius 3 is 2.00 bits per heavy atom. The minimum atomic E-state index is -0.380. The number of hydrogen-bond donors (Lipinski definition) is 1. The van der Waals surface area contributed by atoms with Gasteiger partial charge in [-0.05, 0) is 75.6 Å². The summed E-state index contributed by atoms with van der Waals surface area (Å²) >= 11 is 18.6. The quantitative estimate of drug-likeness (QED) is 0.0777. The molecule has 0 radical (unpaired) electrons. The number of carbonyl (C=O) groups is 1. The molecule has 0 bridgehead atoms. The number of aryl methyl sites for hydroxylation is 1. The van der Waals surface area contributed by atoms with Gasteiger partial charge in [0.25, 0.3) is 5.91 Å². The largest absolute Gasteiger partial charge is 0.450 e. The van der Waals surface area contributed by atoms with Crippen molar-refractivity contribution in [3.63, 3.8) is 0 Å². The van der Waals surface area contributed by atoms with Crippen LogP contribution >= 0.6 is 34.8 Å². The van der Waals surface area contributed by atoms with Gasteiger partial charge in [-0.3, -0.25) is 10.2 Å². The summed E-state index contributed by atoms with van der Waals surface area (Å²) in [4.78, 5) is 29.4. The number of amides is 1. The molecular weight excluding hydrogens is 805 g/mol. The lowest BCUT2D eigenvalue weighted by atomic mass is 10.0. The molecule has 1 amide bonds. The predicted octanol–water partition coefficient (Wildman–Crippen LogP) is 13.3. The maximum Gasteiger partial charge on any atom is 0.397 e. The first-order chi connectivity index (χ1) is 28.6. The lowest BCUT2D eigenvalue weighted by Gasteiger charge is -2.26. The number of hydrogen-bond acceptors (Lipinski definition) is 7. The smallest absolute Gasteiger partial charge is 0.397 e. The highest BCUT2D eigenvalue weighted by Gasteiger charge is 2.25. The molecule has 0 spiro atoms. The molecule has 12 heteroatoms. The zero-order chi connectivity index (χ0) is 42.0. The Kier molecular flexibility index (Phi) is 19.1. The third-order valence-corrected chi connectivity index (χ3v) is 11.5. The summed E-state index contributed by atoms with van der Waals surface area (Å²) in [6.07, 6.45) is 22.0. The van der Waals surface area contributed by atoms with Crippen LogP contribution in [0, 0.1) is 13.8 Å². The zero-order valence-electron chi connectivity index (χ0n) is 35.0. The minimum absolute atomic E-state index is 0.0843. The van der Waals surface area contributed by atoms with Gasteiger partial charge in [-0.1, -0.05) is 155 Å². The molecule has 1 fully saturated rings. The van der Waals surface area contributed by atoms with E-state index in [2.05, 4.69) is 22.4 Å². The van der Waals surface area contributed by atoms with Crippen LogP contribution in [0.15, 0.2) is 69.9 Å².